The van der Waals surface area contributed by atoms with E-state index >= 15 is 0 Å². The summed E-state index contributed by atoms with van der Waals surface area (Å²) in [6.07, 6.45) is 2.12. The lowest BCUT2D eigenvalue weighted by Crippen LogP contribution is -2.32. The van der Waals surface area contributed by atoms with Crippen LogP contribution in [0.3, 0.4) is 0 Å². The van der Waals surface area contributed by atoms with Crippen molar-refractivity contribution in [3.05, 3.63) is 29.8 Å². The Balaban J connectivity index is 0.00000133. The number of benzene rings is 1. The van der Waals surface area contributed by atoms with Gasteiger partial charge < -0.3 is 15.4 Å². The number of nitrogens with two attached hydrogens (primary N) is 1. The van der Waals surface area contributed by atoms with Crippen LogP contribution in [-0.4, -0.2) is 37.1 Å². The average molecular weight is 283 g/mol. The average Bonchev–Trinajstić information content (AvgIpc) is 3.00. The highest BCUT2D eigenvalue weighted by atomic mass is 35.5. The van der Waals surface area contributed by atoms with Gasteiger partial charge >= 0.3 is 0 Å². The molecule has 2 fully saturated rings. The first-order valence-electron chi connectivity index (χ1n) is 6.42. The molecule has 1 amide bonds. The maximum Gasteiger partial charge on any atom is 0.255 e. The van der Waals surface area contributed by atoms with E-state index < -0.39 is 0 Å². The van der Waals surface area contributed by atoms with Gasteiger partial charge in [-0.1, -0.05) is 12.1 Å². The summed E-state index contributed by atoms with van der Waals surface area (Å²) in [6.45, 7) is 3.24. The molecule has 2 aliphatic rings. The van der Waals surface area contributed by atoms with Crippen LogP contribution >= 0.6 is 12.4 Å². The second-order valence-corrected chi connectivity index (χ2v) is 5.37. The molecule has 1 atom stereocenters. The van der Waals surface area contributed by atoms with Gasteiger partial charge in [0.1, 0.15) is 0 Å². The fraction of sp³-hybridized carbons (Fsp3) is 0.500. The van der Waals surface area contributed by atoms with Crippen molar-refractivity contribution in [1.82, 2.24) is 4.90 Å². The quantitative estimate of drug-likeness (QED) is 0.801. The summed E-state index contributed by atoms with van der Waals surface area (Å²) >= 11 is 0. The molecular formula is C14H19ClN2O2. The Labute approximate surface area is 119 Å². The molecule has 2 N–H and O–H groups in total. The molecule has 19 heavy (non-hydrogen) atoms. The smallest absolute Gasteiger partial charge is 0.255 e. The minimum absolute atomic E-state index is 0. The molecular weight excluding hydrogens is 264 g/mol. The van der Waals surface area contributed by atoms with Crippen molar-refractivity contribution in [2.75, 3.05) is 32.0 Å². The summed E-state index contributed by atoms with van der Waals surface area (Å²) in [6, 6.07) is 7.28. The normalized spacial score (nSPS) is 25.6. The number of amides is 1. The Bertz CT molecular complexity index is 472. The van der Waals surface area contributed by atoms with E-state index in [0.717, 1.165) is 39.1 Å². The molecule has 1 aromatic carbocycles. The van der Waals surface area contributed by atoms with Crippen molar-refractivity contribution in [2.24, 2.45) is 5.41 Å². The number of para-hydroxylation sites is 1. The SMILES string of the molecule is Cl.Nc1ccccc1C(=O)N1CCC2(CCOC2)C1. The molecule has 104 valence electrons. The monoisotopic (exact) mass is 282 g/mol. The first-order valence-corrected chi connectivity index (χ1v) is 6.42. The number of hydrogen-bond donors (Lipinski definition) is 1. The summed E-state index contributed by atoms with van der Waals surface area (Å²) in [5, 5.41) is 0. The number of carbonyl (C=O) groups excluding carboxylic acids is 1. The van der Waals surface area contributed by atoms with Crippen molar-refractivity contribution < 1.29 is 9.53 Å². The van der Waals surface area contributed by atoms with E-state index in [2.05, 4.69) is 0 Å². The Hall–Kier alpha value is -1.26. The van der Waals surface area contributed by atoms with Gasteiger partial charge in [-0.15, -0.1) is 12.4 Å². The van der Waals surface area contributed by atoms with Gasteiger partial charge in [-0.3, -0.25) is 4.79 Å². The summed E-state index contributed by atoms with van der Waals surface area (Å²) < 4.78 is 5.48. The number of ether oxygens (including phenoxy) is 1. The van der Waals surface area contributed by atoms with E-state index in [0.29, 0.717) is 11.3 Å². The fourth-order valence-corrected chi connectivity index (χ4v) is 2.94. The van der Waals surface area contributed by atoms with Crippen molar-refractivity contribution in [1.29, 1.82) is 0 Å². The van der Waals surface area contributed by atoms with Crippen LogP contribution in [0, 0.1) is 5.41 Å². The summed E-state index contributed by atoms with van der Waals surface area (Å²) in [5.41, 5.74) is 7.25. The second-order valence-electron chi connectivity index (χ2n) is 5.37. The zero-order valence-corrected chi connectivity index (χ0v) is 11.6. The fourth-order valence-electron chi connectivity index (χ4n) is 2.94. The van der Waals surface area contributed by atoms with Crippen LogP contribution in [-0.2, 0) is 4.74 Å². The summed E-state index contributed by atoms with van der Waals surface area (Å²) in [5.74, 6) is 0.0527. The Morgan fingerprint density at radius 2 is 2.11 bits per heavy atom. The maximum atomic E-state index is 12.4. The predicted molar refractivity (Wildman–Crippen MR) is 76.5 cm³/mol. The third kappa shape index (κ3) is 2.55. The van der Waals surface area contributed by atoms with Crippen molar-refractivity contribution in [2.45, 2.75) is 12.8 Å². The lowest BCUT2D eigenvalue weighted by atomic mass is 9.87. The Morgan fingerprint density at radius 3 is 2.79 bits per heavy atom. The van der Waals surface area contributed by atoms with Crippen LogP contribution in [0.2, 0.25) is 0 Å². The number of nitrogen functional groups attached to an aromatic ring is 1. The minimum Gasteiger partial charge on any atom is -0.398 e. The lowest BCUT2D eigenvalue weighted by molar-refractivity contribution is 0.0767. The molecule has 0 saturated carbocycles. The largest absolute Gasteiger partial charge is 0.398 e. The molecule has 0 aromatic heterocycles. The van der Waals surface area contributed by atoms with Crippen LogP contribution in [0.15, 0.2) is 24.3 Å². The lowest BCUT2D eigenvalue weighted by Gasteiger charge is -2.22. The van der Waals surface area contributed by atoms with Gasteiger partial charge in [0.25, 0.3) is 5.91 Å². The van der Waals surface area contributed by atoms with Gasteiger partial charge in [-0.2, -0.15) is 0 Å². The third-order valence-corrected chi connectivity index (χ3v) is 4.10. The van der Waals surface area contributed by atoms with E-state index in [-0.39, 0.29) is 23.7 Å². The molecule has 1 spiro atoms. The van der Waals surface area contributed by atoms with Gasteiger partial charge in [0, 0.05) is 30.8 Å². The van der Waals surface area contributed by atoms with Crippen LogP contribution in [0.1, 0.15) is 23.2 Å². The van der Waals surface area contributed by atoms with Crippen molar-refractivity contribution in [3.63, 3.8) is 0 Å². The molecule has 0 aliphatic carbocycles. The number of halogens is 1. The molecule has 3 rings (SSSR count). The zero-order valence-electron chi connectivity index (χ0n) is 10.8. The molecule has 4 nitrogen and oxygen atoms in total. The second kappa shape index (κ2) is 5.39. The van der Waals surface area contributed by atoms with Gasteiger partial charge in [-0.25, -0.2) is 0 Å². The number of hydrogen-bond acceptors (Lipinski definition) is 3. The van der Waals surface area contributed by atoms with Crippen LogP contribution in [0.5, 0.6) is 0 Å². The molecule has 0 bridgehead atoms. The van der Waals surface area contributed by atoms with E-state index in [4.69, 9.17) is 10.5 Å². The van der Waals surface area contributed by atoms with E-state index in [9.17, 15) is 4.79 Å². The molecule has 2 saturated heterocycles. The van der Waals surface area contributed by atoms with Gasteiger partial charge in [0.2, 0.25) is 0 Å². The minimum atomic E-state index is 0. The molecule has 0 radical (unpaired) electrons. The van der Waals surface area contributed by atoms with Crippen LogP contribution in [0.4, 0.5) is 5.69 Å². The molecule has 2 heterocycles. The van der Waals surface area contributed by atoms with Crippen molar-refractivity contribution >= 4 is 24.0 Å². The van der Waals surface area contributed by atoms with E-state index in [1.165, 1.54) is 0 Å². The summed E-state index contributed by atoms with van der Waals surface area (Å²) in [7, 11) is 0. The number of anilines is 1. The molecule has 5 heteroatoms. The Kier molecular flexibility index (Phi) is 4.02. The zero-order chi connectivity index (χ0) is 12.6. The maximum absolute atomic E-state index is 12.4. The predicted octanol–water partition coefficient (Wildman–Crippen LogP) is 1.94. The van der Waals surface area contributed by atoms with E-state index in [1.54, 1.807) is 12.1 Å². The highest BCUT2D eigenvalue weighted by Gasteiger charge is 2.42. The van der Waals surface area contributed by atoms with Gasteiger partial charge in [-0.05, 0) is 25.0 Å². The van der Waals surface area contributed by atoms with Crippen LogP contribution < -0.4 is 5.73 Å². The molecule has 1 aromatic rings. The standard InChI is InChI=1S/C14H18N2O2.ClH/c15-12-4-2-1-3-11(12)13(17)16-7-5-14(9-16)6-8-18-10-14;/h1-4H,5-10,15H2;1H. The number of likely N-dealkylation sites (tertiary alicyclic amines) is 1. The van der Waals surface area contributed by atoms with E-state index in [1.807, 2.05) is 17.0 Å². The van der Waals surface area contributed by atoms with Crippen molar-refractivity contribution in [3.8, 4) is 0 Å². The van der Waals surface area contributed by atoms with Gasteiger partial charge in [0.05, 0.1) is 12.2 Å². The molecule has 1 unspecified atom stereocenters. The number of nitrogens with zero attached hydrogens (tertiary/aromatic N) is 1. The topological polar surface area (TPSA) is 55.6 Å². The highest BCUT2D eigenvalue weighted by Crippen LogP contribution is 2.38. The molecule has 2 aliphatic heterocycles. The number of rotatable bonds is 1. The first kappa shape index (κ1) is 14.2. The summed E-state index contributed by atoms with van der Waals surface area (Å²) in [4.78, 5) is 14.3. The highest BCUT2D eigenvalue weighted by molar-refractivity contribution is 5.99. The van der Waals surface area contributed by atoms with Gasteiger partial charge in [0.15, 0.2) is 0 Å². The third-order valence-electron chi connectivity index (χ3n) is 4.10. The first-order chi connectivity index (χ1) is 8.70. The Morgan fingerprint density at radius 1 is 1.32 bits per heavy atom. The van der Waals surface area contributed by atoms with Crippen LogP contribution in [0.25, 0.3) is 0 Å². The number of carbonyl (C=O) groups is 1.